The Hall–Kier alpha value is -4.65. The molecule has 2 heterocycles. The van der Waals surface area contributed by atoms with Crippen molar-refractivity contribution in [2.24, 2.45) is 23.7 Å². The number of carbonyl (C=O) groups is 6. The van der Waals surface area contributed by atoms with E-state index in [-0.39, 0.29) is 72.5 Å². The molecule has 1 aromatic carbocycles. The normalized spacial score (nSPS) is 17.7. The molecule has 9 atom stereocenters. The maximum atomic E-state index is 14.5. The summed E-state index contributed by atoms with van der Waals surface area (Å²) in [4.78, 5) is 93.7. The summed E-state index contributed by atoms with van der Waals surface area (Å²) in [5, 5.41) is 17.6. The lowest BCUT2D eigenvalue weighted by Crippen LogP contribution is -2.59. The molecule has 370 valence electrons. The van der Waals surface area contributed by atoms with Crippen LogP contribution in [0, 0.1) is 23.7 Å². The summed E-state index contributed by atoms with van der Waals surface area (Å²) in [7, 11) is 11.5. The fourth-order valence-electron chi connectivity index (χ4n) is 9.00. The number of thiazole rings is 1. The molecule has 0 spiro atoms. The van der Waals surface area contributed by atoms with Crippen molar-refractivity contribution >= 4 is 47.0 Å². The number of carboxylic acid groups (broad SMARTS) is 1. The van der Waals surface area contributed by atoms with Gasteiger partial charge in [0, 0.05) is 60.4 Å². The van der Waals surface area contributed by atoms with Crippen molar-refractivity contribution in [1.82, 2.24) is 40.1 Å². The predicted octanol–water partition coefficient (Wildman–Crippen LogP) is 4.87. The van der Waals surface area contributed by atoms with Crippen LogP contribution in [0.5, 0.6) is 0 Å². The Morgan fingerprint density at radius 1 is 0.879 bits per heavy atom. The Kier molecular flexibility index (Phi) is 22.0. The van der Waals surface area contributed by atoms with E-state index in [1.807, 2.05) is 90.9 Å². The molecule has 3 unspecified atom stereocenters. The smallest absolute Gasteiger partial charge is 0.407 e. The molecule has 1 fully saturated rings. The second-order valence-corrected chi connectivity index (χ2v) is 19.6. The fraction of sp³-hybridized carbons (Fsp3) is 0.688. The number of nitrogens with one attached hydrogen (secondary N) is 2. The van der Waals surface area contributed by atoms with Crippen molar-refractivity contribution < 1.29 is 43.3 Å². The lowest BCUT2D eigenvalue weighted by atomic mass is 9.89. The summed E-state index contributed by atoms with van der Waals surface area (Å²) < 4.78 is 12.1. The molecule has 1 saturated heterocycles. The number of likely N-dealkylation sites (N-methyl/N-ethyl adjacent to an activating group) is 4. The summed E-state index contributed by atoms with van der Waals surface area (Å²) in [5.41, 5.74) is 1.14. The number of carbonyl (C=O) groups excluding carboxylic acids is 5. The van der Waals surface area contributed by atoms with Gasteiger partial charge in [0.2, 0.25) is 23.6 Å². The SMILES string of the molecule is CC[C@H](C)[C@@H]([C@@H](CC(=O)N1CCCC1[C@H](OC)[C@@H](C)C(=O)N[C@@H](Cc1ccccc1)c1nc(C(=O)N(C)CCN(C)C(=O)O)cs1)OC)N(C)C(=O)C(NC(=O)C(C(C)C)N(C)C)C(C)C. The fourth-order valence-corrected chi connectivity index (χ4v) is 9.85. The molecule has 1 aliphatic heterocycles. The number of hydrogen-bond acceptors (Lipinski definition) is 11. The highest BCUT2D eigenvalue weighted by atomic mass is 32.1. The van der Waals surface area contributed by atoms with Crippen LogP contribution in [0.4, 0.5) is 4.79 Å². The molecule has 0 bridgehead atoms. The molecular weight excluding hydrogens is 865 g/mol. The molecule has 0 aliphatic carbocycles. The van der Waals surface area contributed by atoms with E-state index in [1.165, 1.54) is 23.3 Å². The van der Waals surface area contributed by atoms with Crippen LogP contribution in [0.3, 0.4) is 0 Å². The number of hydrogen-bond donors (Lipinski definition) is 3. The van der Waals surface area contributed by atoms with Crippen LogP contribution in [0.15, 0.2) is 35.7 Å². The molecule has 1 aromatic heterocycles. The molecule has 0 radical (unpaired) electrons. The van der Waals surface area contributed by atoms with E-state index in [0.29, 0.717) is 37.2 Å². The topological polar surface area (TPSA) is 194 Å². The van der Waals surface area contributed by atoms with Crippen LogP contribution in [0.25, 0.3) is 0 Å². The highest BCUT2D eigenvalue weighted by Crippen LogP contribution is 2.31. The third kappa shape index (κ3) is 14.7. The zero-order valence-corrected chi connectivity index (χ0v) is 42.6. The van der Waals surface area contributed by atoms with E-state index in [0.717, 1.165) is 10.5 Å². The summed E-state index contributed by atoms with van der Waals surface area (Å²) in [6.45, 7) is 14.4. The first kappa shape index (κ1) is 55.7. The Balaban J connectivity index is 1.83. The second kappa shape index (κ2) is 26.0. The molecule has 3 rings (SSSR count). The zero-order valence-electron chi connectivity index (χ0n) is 41.8. The van der Waals surface area contributed by atoms with E-state index < -0.39 is 54.4 Å². The van der Waals surface area contributed by atoms with Crippen LogP contribution in [0.1, 0.15) is 101 Å². The predicted molar refractivity (Wildman–Crippen MR) is 256 cm³/mol. The van der Waals surface area contributed by atoms with Crippen LogP contribution in [0.2, 0.25) is 0 Å². The number of methoxy groups -OCH3 is 2. The molecule has 1 aliphatic rings. The van der Waals surface area contributed by atoms with Gasteiger partial charge in [-0.3, -0.25) is 28.9 Å². The first-order valence-electron chi connectivity index (χ1n) is 23.2. The molecule has 6 amide bonds. The van der Waals surface area contributed by atoms with Crippen LogP contribution < -0.4 is 10.6 Å². The molecule has 66 heavy (non-hydrogen) atoms. The number of amides is 6. The van der Waals surface area contributed by atoms with Gasteiger partial charge in [-0.1, -0.05) is 85.2 Å². The first-order chi connectivity index (χ1) is 31.1. The van der Waals surface area contributed by atoms with Gasteiger partial charge in [0.05, 0.1) is 48.7 Å². The van der Waals surface area contributed by atoms with E-state index >= 15 is 0 Å². The Morgan fingerprint density at radius 3 is 2.06 bits per heavy atom. The third-order valence-corrected chi connectivity index (χ3v) is 14.0. The van der Waals surface area contributed by atoms with E-state index in [9.17, 15) is 33.9 Å². The molecule has 17 nitrogen and oxygen atoms in total. The standard InChI is InChI=1S/C48H78N8O9S/c1-15-31(6)41(55(12)47(61)39(29(2)3)51-44(59)40(30(4)5)52(8)9)37(64-13)27-38(57)56-23-19-22-36(56)42(65-14)32(7)43(58)49-34(26-33-20-17-16-18-21-33)45-50-35(28-66-45)46(60)53(10)24-25-54(11)48(62)63/h16-18,20-21,28-32,34,36-37,39-42H,15,19,22-27H2,1-14H3,(H,49,58)(H,51,59)(H,62,63)/t31-,32+,34-,36?,37+,39?,40?,41-,42+/m0/s1. The lowest BCUT2D eigenvalue weighted by Gasteiger charge is -2.41. The van der Waals surface area contributed by atoms with E-state index in [1.54, 1.807) is 50.4 Å². The summed E-state index contributed by atoms with van der Waals surface area (Å²) in [6, 6.07) is 6.93. The Morgan fingerprint density at radius 2 is 1.52 bits per heavy atom. The molecule has 2 aromatic rings. The number of rotatable bonds is 25. The molecular formula is C48H78N8O9S. The van der Waals surface area contributed by atoms with Crippen molar-refractivity contribution in [3.63, 3.8) is 0 Å². The second-order valence-electron chi connectivity index (χ2n) is 18.7. The third-order valence-electron chi connectivity index (χ3n) is 13.0. The van der Waals surface area contributed by atoms with Gasteiger partial charge in [0.25, 0.3) is 5.91 Å². The number of aromatic nitrogens is 1. The Labute approximate surface area is 396 Å². The van der Waals surface area contributed by atoms with Gasteiger partial charge in [-0.2, -0.15) is 0 Å². The van der Waals surface area contributed by atoms with Crippen molar-refractivity contribution in [1.29, 1.82) is 0 Å². The van der Waals surface area contributed by atoms with Crippen molar-refractivity contribution in [3.8, 4) is 0 Å². The Bertz CT molecular complexity index is 1890. The van der Waals surface area contributed by atoms with Gasteiger partial charge in [-0.25, -0.2) is 9.78 Å². The van der Waals surface area contributed by atoms with Gasteiger partial charge in [-0.05, 0) is 56.7 Å². The van der Waals surface area contributed by atoms with Crippen LogP contribution >= 0.6 is 11.3 Å². The van der Waals surface area contributed by atoms with Crippen molar-refractivity contribution in [2.75, 3.05) is 69.1 Å². The van der Waals surface area contributed by atoms with Gasteiger partial charge < -0.3 is 44.8 Å². The zero-order chi connectivity index (χ0) is 49.6. The molecule has 3 N–H and O–H groups in total. The first-order valence-corrected chi connectivity index (χ1v) is 24.0. The minimum Gasteiger partial charge on any atom is -0.465 e. The van der Waals surface area contributed by atoms with Crippen molar-refractivity contribution in [3.05, 3.63) is 52.0 Å². The number of ether oxygens (including phenoxy) is 2. The summed E-state index contributed by atoms with van der Waals surface area (Å²) >= 11 is 1.26. The van der Waals surface area contributed by atoms with Gasteiger partial charge in [0.15, 0.2) is 0 Å². The maximum absolute atomic E-state index is 14.5. The van der Waals surface area contributed by atoms with Gasteiger partial charge in [0.1, 0.15) is 16.7 Å². The quantitative estimate of drug-likeness (QED) is 0.123. The average Bonchev–Trinajstić information content (AvgIpc) is 3.97. The number of benzene rings is 1. The summed E-state index contributed by atoms with van der Waals surface area (Å²) in [6.07, 6.45) is 0.00517. The lowest BCUT2D eigenvalue weighted by molar-refractivity contribution is -0.148. The minimum absolute atomic E-state index is 0.0128. The highest BCUT2D eigenvalue weighted by Gasteiger charge is 2.43. The number of nitrogens with zero attached hydrogens (tertiary/aromatic N) is 6. The van der Waals surface area contributed by atoms with Gasteiger partial charge >= 0.3 is 6.09 Å². The number of likely N-dealkylation sites (tertiary alicyclic amines) is 1. The largest absolute Gasteiger partial charge is 0.465 e. The van der Waals surface area contributed by atoms with Crippen LogP contribution in [-0.2, 0) is 35.1 Å². The minimum atomic E-state index is -1.09. The van der Waals surface area contributed by atoms with Gasteiger partial charge in [-0.15, -0.1) is 11.3 Å². The van der Waals surface area contributed by atoms with E-state index in [4.69, 9.17) is 9.47 Å². The highest BCUT2D eigenvalue weighted by molar-refractivity contribution is 7.09. The van der Waals surface area contributed by atoms with Crippen molar-refractivity contribution in [2.45, 2.75) is 123 Å². The van der Waals surface area contributed by atoms with E-state index in [2.05, 4.69) is 15.6 Å². The average molecular weight is 943 g/mol. The van der Waals surface area contributed by atoms with Crippen LogP contribution in [-0.4, -0.2) is 176 Å². The molecule has 0 saturated carbocycles. The molecule has 18 heteroatoms. The monoisotopic (exact) mass is 943 g/mol. The maximum Gasteiger partial charge on any atom is 0.407 e. The summed E-state index contributed by atoms with van der Waals surface area (Å²) in [5.74, 6) is -2.25.